The van der Waals surface area contributed by atoms with Crippen LogP contribution in [-0.2, 0) is 0 Å². The number of anilines is 3. The first kappa shape index (κ1) is 15.2. The van der Waals surface area contributed by atoms with Gasteiger partial charge in [-0.15, -0.1) is 0 Å². The molecule has 0 aliphatic heterocycles. The molecule has 0 aliphatic carbocycles. The molecule has 0 fully saturated rings. The Labute approximate surface area is 130 Å². The molecule has 8 heteroatoms. The topological polar surface area (TPSA) is 93.0 Å². The second-order valence-corrected chi connectivity index (χ2v) is 5.16. The van der Waals surface area contributed by atoms with Crippen LogP contribution in [0, 0.1) is 10.1 Å². The lowest BCUT2D eigenvalue weighted by Gasteiger charge is -2.08. The van der Waals surface area contributed by atoms with Crippen molar-refractivity contribution in [1.82, 2.24) is 9.97 Å². The van der Waals surface area contributed by atoms with Gasteiger partial charge in [-0.25, -0.2) is 4.98 Å². The zero-order chi connectivity index (χ0) is 15.2. The van der Waals surface area contributed by atoms with Crippen LogP contribution in [0.1, 0.15) is 13.3 Å². The van der Waals surface area contributed by atoms with Crippen LogP contribution in [0.2, 0.25) is 0 Å². The largest absolute Gasteiger partial charge is 0.354 e. The molecule has 1 heterocycles. The molecule has 0 amide bonds. The van der Waals surface area contributed by atoms with Crippen LogP contribution < -0.4 is 10.6 Å². The molecule has 21 heavy (non-hydrogen) atoms. The molecular weight excluding hydrogens is 338 g/mol. The summed E-state index contributed by atoms with van der Waals surface area (Å²) in [5.41, 5.74) is 0.543. The molecule has 1 aromatic carbocycles. The standard InChI is InChI=1S/C13H14BrN5O2/c1-2-7-15-13-16-8-11(19(20)21)12(18-13)17-10-5-3-9(14)4-6-10/h3-6,8H,2,7H2,1H3,(H2,15,16,17,18). The highest BCUT2D eigenvalue weighted by molar-refractivity contribution is 9.10. The molecule has 1 aromatic heterocycles. The van der Waals surface area contributed by atoms with E-state index < -0.39 is 4.92 Å². The first-order valence-electron chi connectivity index (χ1n) is 6.38. The summed E-state index contributed by atoms with van der Waals surface area (Å²) in [5.74, 6) is 0.526. The summed E-state index contributed by atoms with van der Waals surface area (Å²) in [6, 6.07) is 7.28. The number of rotatable bonds is 6. The van der Waals surface area contributed by atoms with Gasteiger partial charge in [-0.1, -0.05) is 22.9 Å². The van der Waals surface area contributed by atoms with Gasteiger partial charge in [0.15, 0.2) is 0 Å². The third-order valence-corrected chi connectivity index (χ3v) is 3.13. The number of benzene rings is 1. The van der Waals surface area contributed by atoms with Crippen LogP contribution in [0.5, 0.6) is 0 Å². The second kappa shape index (κ2) is 6.98. The zero-order valence-corrected chi connectivity index (χ0v) is 12.9. The minimum atomic E-state index is -0.509. The highest BCUT2D eigenvalue weighted by atomic mass is 79.9. The maximum absolute atomic E-state index is 11.0. The predicted molar refractivity (Wildman–Crippen MR) is 84.9 cm³/mol. The fourth-order valence-electron chi connectivity index (χ4n) is 1.59. The molecule has 2 aromatic rings. The molecule has 0 spiro atoms. The van der Waals surface area contributed by atoms with Crippen LogP contribution in [0.3, 0.4) is 0 Å². The first-order chi connectivity index (χ1) is 10.1. The average Bonchev–Trinajstić information content (AvgIpc) is 2.47. The smallest absolute Gasteiger partial charge is 0.329 e. The lowest BCUT2D eigenvalue weighted by molar-refractivity contribution is -0.384. The van der Waals surface area contributed by atoms with E-state index >= 15 is 0 Å². The van der Waals surface area contributed by atoms with E-state index in [-0.39, 0.29) is 11.5 Å². The van der Waals surface area contributed by atoms with Gasteiger partial charge < -0.3 is 10.6 Å². The number of nitrogens with one attached hydrogen (secondary N) is 2. The molecule has 0 atom stereocenters. The quantitative estimate of drug-likeness (QED) is 0.608. The Morgan fingerprint density at radius 2 is 2.05 bits per heavy atom. The van der Waals surface area contributed by atoms with Crippen molar-refractivity contribution in [2.75, 3.05) is 17.2 Å². The van der Waals surface area contributed by atoms with Gasteiger partial charge in [-0.3, -0.25) is 10.1 Å². The summed E-state index contributed by atoms with van der Waals surface area (Å²) in [6.45, 7) is 2.72. The molecule has 0 radical (unpaired) electrons. The lowest BCUT2D eigenvalue weighted by atomic mass is 10.3. The summed E-state index contributed by atoms with van der Waals surface area (Å²) < 4.78 is 0.926. The van der Waals surface area contributed by atoms with Crippen molar-refractivity contribution in [3.63, 3.8) is 0 Å². The number of nitrogens with zero attached hydrogens (tertiary/aromatic N) is 3. The number of hydrogen-bond donors (Lipinski definition) is 2. The van der Waals surface area contributed by atoms with Gasteiger partial charge in [0.2, 0.25) is 11.8 Å². The van der Waals surface area contributed by atoms with Crippen molar-refractivity contribution < 1.29 is 4.92 Å². The second-order valence-electron chi connectivity index (χ2n) is 4.24. The Morgan fingerprint density at radius 1 is 1.33 bits per heavy atom. The lowest BCUT2D eigenvalue weighted by Crippen LogP contribution is -2.07. The third-order valence-electron chi connectivity index (χ3n) is 2.61. The molecule has 2 rings (SSSR count). The molecular formula is C13H14BrN5O2. The molecule has 0 saturated carbocycles. The van der Waals surface area contributed by atoms with Crippen molar-refractivity contribution in [3.05, 3.63) is 45.0 Å². The van der Waals surface area contributed by atoms with Crippen LogP contribution >= 0.6 is 15.9 Å². The molecule has 110 valence electrons. The molecule has 2 N–H and O–H groups in total. The van der Waals surface area contributed by atoms with Gasteiger partial charge in [-0.2, -0.15) is 4.98 Å². The maximum atomic E-state index is 11.0. The SMILES string of the molecule is CCCNc1ncc([N+](=O)[O-])c(Nc2ccc(Br)cc2)n1. The number of nitro groups is 1. The predicted octanol–water partition coefficient (Wildman–Crippen LogP) is 3.71. The van der Waals surface area contributed by atoms with E-state index in [2.05, 4.69) is 36.5 Å². The fourth-order valence-corrected chi connectivity index (χ4v) is 1.86. The van der Waals surface area contributed by atoms with Crippen LogP contribution in [0.15, 0.2) is 34.9 Å². The van der Waals surface area contributed by atoms with Crippen molar-refractivity contribution in [2.24, 2.45) is 0 Å². The van der Waals surface area contributed by atoms with Gasteiger partial charge >= 0.3 is 5.69 Å². The maximum Gasteiger partial charge on any atom is 0.329 e. The monoisotopic (exact) mass is 351 g/mol. The van der Waals surface area contributed by atoms with Crippen molar-refractivity contribution in [2.45, 2.75) is 13.3 Å². The number of halogens is 1. The first-order valence-corrected chi connectivity index (χ1v) is 7.17. The summed E-state index contributed by atoms with van der Waals surface area (Å²) in [7, 11) is 0. The minimum Gasteiger partial charge on any atom is -0.354 e. The summed E-state index contributed by atoms with van der Waals surface area (Å²) >= 11 is 3.34. The number of aromatic nitrogens is 2. The third kappa shape index (κ3) is 4.12. The molecule has 0 aliphatic rings. The van der Waals surface area contributed by atoms with E-state index in [1.807, 2.05) is 19.1 Å². The Morgan fingerprint density at radius 3 is 2.67 bits per heavy atom. The van der Waals surface area contributed by atoms with Crippen molar-refractivity contribution in [1.29, 1.82) is 0 Å². The van der Waals surface area contributed by atoms with Gasteiger partial charge in [0, 0.05) is 16.7 Å². The molecule has 0 unspecified atom stereocenters. The normalized spacial score (nSPS) is 10.2. The van der Waals surface area contributed by atoms with E-state index in [1.54, 1.807) is 12.1 Å². The van der Waals surface area contributed by atoms with Crippen LogP contribution in [0.4, 0.5) is 23.1 Å². The summed E-state index contributed by atoms with van der Waals surface area (Å²) in [4.78, 5) is 18.6. The van der Waals surface area contributed by atoms with Crippen LogP contribution in [0.25, 0.3) is 0 Å². The Kier molecular flexibility index (Phi) is 5.04. The molecule has 0 saturated heterocycles. The van der Waals surface area contributed by atoms with Gasteiger partial charge in [0.05, 0.1) is 4.92 Å². The van der Waals surface area contributed by atoms with E-state index in [1.165, 1.54) is 6.20 Å². The highest BCUT2D eigenvalue weighted by Gasteiger charge is 2.17. The minimum absolute atomic E-state index is 0.163. The van der Waals surface area contributed by atoms with E-state index in [4.69, 9.17) is 0 Å². The molecule has 0 bridgehead atoms. The van der Waals surface area contributed by atoms with Crippen molar-refractivity contribution >= 4 is 39.1 Å². The number of hydrogen-bond acceptors (Lipinski definition) is 6. The van der Waals surface area contributed by atoms with Gasteiger partial charge in [-0.05, 0) is 30.7 Å². The fraction of sp³-hybridized carbons (Fsp3) is 0.231. The molecule has 7 nitrogen and oxygen atoms in total. The van der Waals surface area contributed by atoms with E-state index in [0.29, 0.717) is 18.2 Å². The van der Waals surface area contributed by atoms with Gasteiger partial charge in [0.1, 0.15) is 6.20 Å². The zero-order valence-electron chi connectivity index (χ0n) is 11.3. The van der Waals surface area contributed by atoms with Crippen molar-refractivity contribution in [3.8, 4) is 0 Å². The summed E-state index contributed by atoms with van der Waals surface area (Å²) in [5, 5.41) is 17.0. The summed E-state index contributed by atoms with van der Waals surface area (Å²) in [6.07, 6.45) is 2.11. The Hall–Kier alpha value is -2.22. The highest BCUT2D eigenvalue weighted by Crippen LogP contribution is 2.26. The van der Waals surface area contributed by atoms with Gasteiger partial charge in [0.25, 0.3) is 0 Å². The van der Waals surface area contributed by atoms with Crippen LogP contribution in [-0.4, -0.2) is 21.4 Å². The Balaban J connectivity index is 2.29. The van der Waals surface area contributed by atoms with E-state index in [0.717, 1.165) is 10.9 Å². The Bertz CT molecular complexity index is 633. The average molecular weight is 352 g/mol. The van der Waals surface area contributed by atoms with E-state index in [9.17, 15) is 10.1 Å².